The van der Waals surface area contributed by atoms with Gasteiger partial charge in [-0.2, -0.15) is 0 Å². The third kappa shape index (κ3) is 3.27. The number of hydrogen-bond acceptors (Lipinski definition) is 2. The van der Waals surface area contributed by atoms with Crippen molar-refractivity contribution in [3.05, 3.63) is 69.2 Å². The predicted octanol–water partition coefficient (Wildman–Crippen LogP) is 4.02. The van der Waals surface area contributed by atoms with E-state index in [0.717, 1.165) is 6.07 Å². The summed E-state index contributed by atoms with van der Waals surface area (Å²) in [7, 11) is 0. The van der Waals surface area contributed by atoms with Crippen LogP contribution in [0.3, 0.4) is 0 Å². The molecular weight excluding hydrogens is 305 g/mol. The van der Waals surface area contributed by atoms with E-state index in [1.807, 2.05) is 0 Å². The molecule has 0 aliphatic heterocycles. The predicted molar refractivity (Wildman–Crippen MR) is 76.6 cm³/mol. The maximum absolute atomic E-state index is 13.7. The van der Waals surface area contributed by atoms with E-state index in [-0.39, 0.29) is 6.42 Å². The highest BCUT2D eigenvalue weighted by Crippen LogP contribution is 2.31. The fourth-order valence-corrected chi connectivity index (χ4v) is 2.39. The van der Waals surface area contributed by atoms with Gasteiger partial charge in [-0.3, -0.25) is 11.3 Å². The molecular formula is C14H12Cl2F2N2. The molecule has 0 amide bonds. The first-order valence-corrected chi connectivity index (χ1v) is 6.62. The normalized spacial score (nSPS) is 12.4. The summed E-state index contributed by atoms with van der Waals surface area (Å²) in [5.41, 5.74) is 3.57. The Morgan fingerprint density at radius 2 is 1.90 bits per heavy atom. The third-order valence-electron chi connectivity index (χ3n) is 3.00. The lowest BCUT2D eigenvalue weighted by Crippen LogP contribution is -2.30. The number of nitrogens with one attached hydrogen (secondary N) is 1. The molecule has 0 radical (unpaired) electrons. The van der Waals surface area contributed by atoms with E-state index in [1.54, 1.807) is 18.2 Å². The molecule has 3 N–H and O–H groups in total. The zero-order chi connectivity index (χ0) is 14.7. The molecule has 2 aromatic carbocycles. The number of hydrazine groups is 1. The van der Waals surface area contributed by atoms with E-state index in [2.05, 4.69) is 5.43 Å². The lowest BCUT2D eigenvalue weighted by Gasteiger charge is -2.18. The Morgan fingerprint density at radius 1 is 1.15 bits per heavy atom. The molecule has 0 aliphatic carbocycles. The average molecular weight is 317 g/mol. The van der Waals surface area contributed by atoms with Crippen molar-refractivity contribution < 1.29 is 8.78 Å². The Hall–Kier alpha value is -1.20. The van der Waals surface area contributed by atoms with Crippen LogP contribution >= 0.6 is 23.2 Å². The van der Waals surface area contributed by atoms with Crippen molar-refractivity contribution in [2.24, 2.45) is 5.84 Å². The summed E-state index contributed by atoms with van der Waals surface area (Å²) >= 11 is 12.1. The van der Waals surface area contributed by atoms with Crippen molar-refractivity contribution >= 4 is 23.2 Å². The Bertz CT molecular complexity index is 620. The van der Waals surface area contributed by atoms with E-state index >= 15 is 0 Å². The molecule has 20 heavy (non-hydrogen) atoms. The van der Waals surface area contributed by atoms with Gasteiger partial charge in [0.1, 0.15) is 11.6 Å². The molecule has 6 heteroatoms. The fraction of sp³-hybridized carbons (Fsp3) is 0.143. The molecule has 1 atom stereocenters. The lowest BCUT2D eigenvalue weighted by atomic mass is 9.99. The second-order valence-electron chi connectivity index (χ2n) is 4.30. The van der Waals surface area contributed by atoms with Crippen molar-refractivity contribution in [1.82, 2.24) is 5.43 Å². The van der Waals surface area contributed by atoms with Crippen LogP contribution in [0.15, 0.2) is 36.4 Å². The van der Waals surface area contributed by atoms with Crippen LogP contribution in [-0.2, 0) is 6.42 Å². The number of nitrogens with two attached hydrogens (primary N) is 1. The first kappa shape index (κ1) is 15.2. The molecule has 0 fully saturated rings. The Balaban J connectivity index is 2.31. The van der Waals surface area contributed by atoms with Gasteiger partial charge in [0.05, 0.1) is 16.1 Å². The summed E-state index contributed by atoms with van der Waals surface area (Å²) in [6, 6.07) is 8.12. The van der Waals surface area contributed by atoms with Gasteiger partial charge < -0.3 is 0 Å². The Kier molecular flexibility index (Phi) is 4.94. The summed E-state index contributed by atoms with van der Waals surface area (Å²) in [5, 5.41) is 0.753. The number of rotatable bonds is 4. The van der Waals surface area contributed by atoms with Crippen molar-refractivity contribution in [3.8, 4) is 0 Å². The molecule has 2 aromatic rings. The van der Waals surface area contributed by atoms with Gasteiger partial charge in [-0.05, 0) is 29.7 Å². The van der Waals surface area contributed by atoms with Crippen LogP contribution < -0.4 is 11.3 Å². The van der Waals surface area contributed by atoms with Crippen LogP contribution in [0.2, 0.25) is 10.0 Å². The highest BCUT2D eigenvalue weighted by Gasteiger charge is 2.17. The summed E-state index contributed by atoms with van der Waals surface area (Å²) in [6.45, 7) is 0. The molecule has 0 bridgehead atoms. The lowest BCUT2D eigenvalue weighted by molar-refractivity contribution is 0.522. The van der Waals surface area contributed by atoms with Gasteiger partial charge in [0.25, 0.3) is 0 Å². The quantitative estimate of drug-likeness (QED) is 0.660. The number of hydrogen-bond donors (Lipinski definition) is 2. The molecule has 0 spiro atoms. The molecule has 2 nitrogen and oxygen atoms in total. The van der Waals surface area contributed by atoms with E-state index in [0.29, 0.717) is 21.2 Å². The summed E-state index contributed by atoms with van der Waals surface area (Å²) in [5.74, 6) is 4.26. The fourth-order valence-electron chi connectivity index (χ4n) is 1.96. The zero-order valence-corrected chi connectivity index (χ0v) is 11.8. The van der Waals surface area contributed by atoms with E-state index < -0.39 is 17.7 Å². The summed E-state index contributed by atoms with van der Waals surface area (Å²) < 4.78 is 26.6. The minimum absolute atomic E-state index is 0.225. The number of benzene rings is 2. The van der Waals surface area contributed by atoms with Crippen LogP contribution in [0.4, 0.5) is 8.78 Å². The van der Waals surface area contributed by atoms with Gasteiger partial charge >= 0.3 is 0 Å². The largest absolute Gasteiger partial charge is 0.271 e. The second-order valence-corrected chi connectivity index (χ2v) is 5.09. The molecule has 106 valence electrons. The second kappa shape index (κ2) is 6.50. The standard InChI is InChI=1S/C14H12Cl2F2N2/c15-11-3-1-2-10(14(11)16)13(20-19)6-8-4-5-9(17)7-12(8)18/h1-5,7,13,20H,6,19H2. The molecule has 2 rings (SSSR count). The highest BCUT2D eigenvalue weighted by atomic mass is 35.5. The van der Waals surface area contributed by atoms with E-state index in [9.17, 15) is 8.78 Å². The molecule has 0 aliphatic rings. The maximum atomic E-state index is 13.7. The first-order chi connectivity index (χ1) is 9.52. The van der Waals surface area contributed by atoms with Crippen LogP contribution in [0.5, 0.6) is 0 Å². The maximum Gasteiger partial charge on any atom is 0.129 e. The third-order valence-corrected chi connectivity index (χ3v) is 3.83. The van der Waals surface area contributed by atoms with Gasteiger partial charge in [-0.1, -0.05) is 41.4 Å². The number of halogens is 4. The molecule has 1 unspecified atom stereocenters. The Morgan fingerprint density at radius 3 is 2.55 bits per heavy atom. The van der Waals surface area contributed by atoms with E-state index in [4.69, 9.17) is 29.0 Å². The van der Waals surface area contributed by atoms with Gasteiger partial charge in [-0.15, -0.1) is 0 Å². The van der Waals surface area contributed by atoms with Crippen molar-refractivity contribution in [2.75, 3.05) is 0 Å². The van der Waals surface area contributed by atoms with Crippen molar-refractivity contribution in [1.29, 1.82) is 0 Å². The van der Waals surface area contributed by atoms with Crippen LogP contribution in [-0.4, -0.2) is 0 Å². The van der Waals surface area contributed by atoms with Gasteiger partial charge in [0, 0.05) is 6.07 Å². The average Bonchev–Trinajstić information content (AvgIpc) is 2.42. The van der Waals surface area contributed by atoms with Crippen molar-refractivity contribution in [3.63, 3.8) is 0 Å². The molecule has 0 saturated heterocycles. The monoisotopic (exact) mass is 316 g/mol. The highest BCUT2D eigenvalue weighted by molar-refractivity contribution is 6.42. The van der Waals surface area contributed by atoms with Gasteiger partial charge in [0.15, 0.2) is 0 Å². The van der Waals surface area contributed by atoms with Crippen molar-refractivity contribution in [2.45, 2.75) is 12.5 Å². The topological polar surface area (TPSA) is 38.0 Å². The summed E-state index contributed by atoms with van der Waals surface area (Å²) in [6.07, 6.45) is 0.225. The van der Waals surface area contributed by atoms with Crippen LogP contribution in [0.1, 0.15) is 17.2 Å². The minimum Gasteiger partial charge on any atom is -0.271 e. The zero-order valence-electron chi connectivity index (χ0n) is 10.3. The minimum atomic E-state index is -0.622. The van der Waals surface area contributed by atoms with Gasteiger partial charge in [0.2, 0.25) is 0 Å². The molecule has 0 aromatic heterocycles. The van der Waals surface area contributed by atoms with Crippen LogP contribution in [0, 0.1) is 11.6 Å². The van der Waals surface area contributed by atoms with E-state index in [1.165, 1.54) is 12.1 Å². The van der Waals surface area contributed by atoms with Gasteiger partial charge in [-0.25, -0.2) is 8.78 Å². The smallest absolute Gasteiger partial charge is 0.129 e. The summed E-state index contributed by atoms with van der Waals surface area (Å²) in [4.78, 5) is 0. The molecule has 0 saturated carbocycles. The Labute approximate surface area is 125 Å². The SMILES string of the molecule is NNC(Cc1ccc(F)cc1F)c1cccc(Cl)c1Cl. The molecule has 0 heterocycles. The first-order valence-electron chi connectivity index (χ1n) is 5.87. The van der Waals surface area contributed by atoms with Crippen LogP contribution in [0.25, 0.3) is 0 Å².